The van der Waals surface area contributed by atoms with Gasteiger partial charge in [0.25, 0.3) is 5.91 Å². The van der Waals surface area contributed by atoms with E-state index in [0.29, 0.717) is 24.2 Å². The lowest BCUT2D eigenvalue weighted by molar-refractivity contribution is -0.141. The van der Waals surface area contributed by atoms with Crippen molar-refractivity contribution in [3.63, 3.8) is 0 Å². The van der Waals surface area contributed by atoms with Gasteiger partial charge >= 0.3 is 5.97 Å². The van der Waals surface area contributed by atoms with Crippen LogP contribution in [0.15, 0.2) is 47.3 Å². The average molecular weight is 629 g/mol. The number of nitrogens with one attached hydrogen (secondary N) is 3. The van der Waals surface area contributed by atoms with E-state index in [0.717, 1.165) is 67.1 Å². The summed E-state index contributed by atoms with van der Waals surface area (Å²) in [6.45, 7) is 3.86. The molecule has 7 atom stereocenters. The second-order valence-electron chi connectivity index (χ2n) is 14.2. The normalized spacial score (nSPS) is 33.1. The Hall–Kier alpha value is -4.10. The third-order valence-corrected chi connectivity index (χ3v) is 11.9. The van der Waals surface area contributed by atoms with Crippen molar-refractivity contribution in [1.82, 2.24) is 15.6 Å². The molecule has 4 aliphatic carbocycles. The summed E-state index contributed by atoms with van der Waals surface area (Å²) < 4.78 is 0. The summed E-state index contributed by atoms with van der Waals surface area (Å²) >= 11 is 0. The third kappa shape index (κ3) is 5.59. The Kier molecular flexibility index (Phi) is 8.49. The molecule has 1 heterocycles. The van der Waals surface area contributed by atoms with Crippen molar-refractivity contribution < 1.29 is 29.4 Å². The molecule has 0 bridgehead atoms. The lowest BCUT2D eigenvalue weighted by Crippen LogP contribution is -2.54. The number of allylic oxidation sites excluding steroid dienone is 2. The highest BCUT2D eigenvalue weighted by Crippen LogP contribution is 2.67. The summed E-state index contributed by atoms with van der Waals surface area (Å²) in [5.41, 5.74) is 2.72. The summed E-state index contributed by atoms with van der Waals surface area (Å²) in [4.78, 5) is 45.2. The van der Waals surface area contributed by atoms with E-state index in [1.54, 1.807) is 6.20 Å². The van der Waals surface area contributed by atoms with Crippen molar-refractivity contribution in [2.75, 3.05) is 13.2 Å². The number of H-pyrrole nitrogens is 1. The number of aromatic amines is 1. The molecule has 0 radical (unpaired) electrons. The maximum atomic E-state index is 12.5. The van der Waals surface area contributed by atoms with Gasteiger partial charge in [0, 0.05) is 28.9 Å². The van der Waals surface area contributed by atoms with Crippen LogP contribution in [0.2, 0.25) is 0 Å². The summed E-state index contributed by atoms with van der Waals surface area (Å²) in [5, 5.41) is 31.0. The number of hydrogen-bond donors (Lipinski definition) is 5. The predicted octanol–water partition coefficient (Wildman–Crippen LogP) is 4.10. The van der Waals surface area contributed by atoms with Gasteiger partial charge in [0.15, 0.2) is 6.61 Å². The molecule has 3 fully saturated rings. The Morgan fingerprint density at radius 2 is 1.89 bits per heavy atom. The zero-order chi connectivity index (χ0) is 32.7. The van der Waals surface area contributed by atoms with Gasteiger partial charge in [-0.15, -0.1) is 6.42 Å². The van der Waals surface area contributed by atoms with E-state index < -0.39 is 29.4 Å². The first-order valence-corrected chi connectivity index (χ1v) is 16.4. The van der Waals surface area contributed by atoms with Gasteiger partial charge in [-0.1, -0.05) is 48.7 Å². The second kappa shape index (κ2) is 12.3. The molecule has 0 aliphatic heterocycles. The van der Waals surface area contributed by atoms with Gasteiger partial charge < -0.3 is 30.7 Å². The van der Waals surface area contributed by atoms with Gasteiger partial charge in [-0.2, -0.15) is 0 Å². The van der Waals surface area contributed by atoms with Crippen LogP contribution in [0.25, 0.3) is 10.9 Å². The predicted molar refractivity (Wildman–Crippen MR) is 173 cm³/mol. The first-order valence-electron chi connectivity index (χ1n) is 16.4. The van der Waals surface area contributed by atoms with Crippen LogP contribution in [0, 0.1) is 40.9 Å². The number of oxime groups is 1. The van der Waals surface area contributed by atoms with Crippen molar-refractivity contribution in [2.24, 2.45) is 33.7 Å². The quantitative estimate of drug-likeness (QED) is 0.208. The van der Waals surface area contributed by atoms with Crippen LogP contribution in [0.5, 0.6) is 0 Å². The molecular formula is C36H44N4O6. The topological polar surface area (TPSA) is 153 Å². The van der Waals surface area contributed by atoms with Gasteiger partial charge in [0.05, 0.1) is 12.3 Å². The Labute approximate surface area is 269 Å². The van der Waals surface area contributed by atoms with Crippen molar-refractivity contribution in [3.8, 4) is 12.3 Å². The maximum Gasteiger partial charge on any atom is 0.326 e. The minimum Gasteiger partial charge on any atom is -0.480 e. The van der Waals surface area contributed by atoms with Crippen LogP contribution >= 0.6 is 0 Å². The Morgan fingerprint density at radius 3 is 2.67 bits per heavy atom. The minimum absolute atomic E-state index is 0.0763. The second-order valence-corrected chi connectivity index (χ2v) is 14.2. The number of nitrogens with zero attached hydrogens (tertiary/aromatic N) is 1. The van der Waals surface area contributed by atoms with Crippen LogP contribution in [-0.2, 0) is 25.6 Å². The van der Waals surface area contributed by atoms with E-state index in [4.69, 9.17) is 11.3 Å². The number of carboxylic acid groups (broad SMARTS) is 1. The maximum absolute atomic E-state index is 12.5. The van der Waals surface area contributed by atoms with Gasteiger partial charge in [-0.25, -0.2) is 4.79 Å². The highest BCUT2D eigenvalue weighted by molar-refractivity contribution is 5.96. The van der Waals surface area contributed by atoms with Gasteiger partial charge in [0.1, 0.15) is 11.6 Å². The molecule has 10 heteroatoms. The fourth-order valence-corrected chi connectivity index (χ4v) is 9.27. The van der Waals surface area contributed by atoms with E-state index in [2.05, 4.69) is 46.6 Å². The summed E-state index contributed by atoms with van der Waals surface area (Å²) in [7, 11) is 0. The number of terminal acetylenes is 1. The van der Waals surface area contributed by atoms with Crippen LogP contribution in [0.3, 0.4) is 0 Å². The number of para-hydroxylation sites is 1. The molecule has 4 aliphatic rings. The Balaban J connectivity index is 0.987. The molecule has 46 heavy (non-hydrogen) atoms. The Morgan fingerprint density at radius 1 is 1.11 bits per heavy atom. The standard InChI is InChI=1S/C36H44N4O6/c1-4-36(45)16-13-28-26-10-9-23-18-24(11-14-34(23,2)27(26)12-15-35(28,36)3)40-46-21-32(42)38-20-31(41)39-30(33(43)44)17-22-19-37-29-8-6-5-7-25(22)29/h1,5-8,18-19,26-28,30,37,45H,9-17,20-21H2,2-3H3,(H,38,42)(H,39,41)(H,43,44)/b40-24+/t26-,27+,28-,30-,34+,35+,36-/m1/s1. The fourth-order valence-electron chi connectivity index (χ4n) is 9.27. The number of rotatable bonds is 9. The molecule has 0 spiro atoms. The van der Waals surface area contributed by atoms with Crippen LogP contribution in [0.4, 0.5) is 0 Å². The highest BCUT2D eigenvalue weighted by Gasteiger charge is 2.63. The van der Waals surface area contributed by atoms with Crippen molar-refractivity contribution >= 4 is 34.4 Å². The van der Waals surface area contributed by atoms with E-state index in [9.17, 15) is 24.6 Å². The molecule has 5 N–H and O–H groups in total. The zero-order valence-electron chi connectivity index (χ0n) is 26.6. The molecular weight excluding hydrogens is 584 g/mol. The fraction of sp³-hybridized carbons (Fsp3) is 0.556. The number of hydrogen-bond acceptors (Lipinski definition) is 6. The molecule has 1 aromatic heterocycles. The lowest BCUT2D eigenvalue weighted by Gasteiger charge is -2.58. The van der Waals surface area contributed by atoms with E-state index >= 15 is 0 Å². The minimum atomic E-state index is -1.16. The van der Waals surface area contributed by atoms with Gasteiger partial charge in [-0.3, -0.25) is 9.59 Å². The molecule has 2 amide bonds. The van der Waals surface area contributed by atoms with Crippen LogP contribution in [-0.4, -0.2) is 63.5 Å². The number of carbonyl (C=O) groups excluding carboxylic acids is 2. The molecule has 1 aromatic carbocycles. The largest absolute Gasteiger partial charge is 0.480 e. The monoisotopic (exact) mass is 628 g/mol. The van der Waals surface area contributed by atoms with Gasteiger partial charge in [-0.05, 0) is 92.2 Å². The van der Waals surface area contributed by atoms with Crippen molar-refractivity contribution in [2.45, 2.75) is 83.3 Å². The molecule has 6 rings (SSSR count). The first-order chi connectivity index (χ1) is 22.0. The van der Waals surface area contributed by atoms with Crippen molar-refractivity contribution in [3.05, 3.63) is 47.7 Å². The van der Waals surface area contributed by atoms with Crippen molar-refractivity contribution in [1.29, 1.82) is 0 Å². The number of fused-ring (bicyclic) bond motifs is 6. The third-order valence-electron chi connectivity index (χ3n) is 11.9. The molecule has 0 unspecified atom stereocenters. The van der Waals surface area contributed by atoms with Crippen LogP contribution in [0.1, 0.15) is 70.8 Å². The molecule has 0 saturated heterocycles. The first kappa shape index (κ1) is 31.9. The Bertz CT molecular complexity index is 1640. The van der Waals surface area contributed by atoms with E-state index in [-0.39, 0.29) is 30.4 Å². The molecule has 244 valence electrons. The summed E-state index contributed by atoms with van der Waals surface area (Å²) in [6.07, 6.45) is 17.3. The number of carbonyl (C=O) groups is 3. The number of benzene rings is 1. The summed E-state index contributed by atoms with van der Waals surface area (Å²) in [6, 6.07) is 6.39. The van der Waals surface area contributed by atoms with E-state index in [1.165, 1.54) is 5.57 Å². The lowest BCUT2D eigenvalue weighted by atomic mass is 9.46. The number of aliphatic carboxylic acids is 1. The summed E-state index contributed by atoms with van der Waals surface area (Å²) in [5.74, 6) is 2.01. The SMILES string of the molecule is C#C[C@@]1(O)CC[C@@H]2[C@@H]3CCC4=C/C(=N/OCC(=O)NCC(=O)N[C@H](Cc5c[nH]c6ccccc56)C(=O)O)CC[C@]4(C)[C@H]3CC[C@@]21C. The van der Waals surface area contributed by atoms with E-state index in [1.807, 2.05) is 24.3 Å². The number of carboxylic acids is 1. The number of aliphatic hydroxyl groups is 1. The smallest absolute Gasteiger partial charge is 0.326 e. The highest BCUT2D eigenvalue weighted by atomic mass is 16.6. The van der Waals surface area contributed by atoms with Gasteiger partial charge in [0.2, 0.25) is 5.91 Å². The zero-order valence-corrected chi connectivity index (χ0v) is 26.6. The molecule has 3 saturated carbocycles. The average Bonchev–Trinajstić information content (AvgIpc) is 3.57. The molecule has 10 nitrogen and oxygen atoms in total. The number of aromatic nitrogens is 1. The number of amides is 2. The van der Waals surface area contributed by atoms with Crippen LogP contribution < -0.4 is 10.6 Å². The molecule has 2 aromatic rings.